The first-order valence-electron chi connectivity index (χ1n) is 5.41. The van der Waals surface area contributed by atoms with Gasteiger partial charge in [0.15, 0.2) is 0 Å². The van der Waals surface area contributed by atoms with Gasteiger partial charge in [0, 0.05) is 19.1 Å². The molecule has 0 aromatic rings. The summed E-state index contributed by atoms with van der Waals surface area (Å²) < 4.78 is 24.8. The molecule has 2 rings (SSSR count). The van der Waals surface area contributed by atoms with Crippen LogP contribution in [0.2, 0.25) is 0 Å². The van der Waals surface area contributed by atoms with E-state index in [0.717, 1.165) is 25.9 Å². The van der Waals surface area contributed by atoms with E-state index in [4.69, 9.17) is 5.14 Å². The number of fused-ring (bicyclic) bond motifs is 2. The minimum absolute atomic E-state index is 0.0520. The highest BCUT2D eigenvalue weighted by Gasteiger charge is 2.54. The van der Waals surface area contributed by atoms with Crippen LogP contribution in [-0.2, 0) is 10.2 Å². The van der Waals surface area contributed by atoms with Crippen molar-refractivity contribution < 1.29 is 8.42 Å². The SMILES string of the molecule is CC(C)C12CCC(CNC1)N2S(N)(=O)=O. The number of hydrogen-bond acceptors (Lipinski definition) is 3. The van der Waals surface area contributed by atoms with E-state index in [1.165, 1.54) is 0 Å². The maximum Gasteiger partial charge on any atom is 0.277 e. The van der Waals surface area contributed by atoms with Crippen LogP contribution in [0.25, 0.3) is 0 Å². The molecule has 2 saturated heterocycles. The molecule has 0 spiro atoms. The Hall–Kier alpha value is -0.170. The Kier molecular flexibility index (Phi) is 2.57. The van der Waals surface area contributed by atoms with Gasteiger partial charge in [0.25, 0.3) is 10.2 Å². The van der Waals surface area contributed by atoms with E-state index in [9.17, 15) is 8.42 Å². The van der Waals surface area contributed by atoms with Crippen molar-refractivity contribution >= 4 is 10.2 Å². The van der Waals surface area contributed by atoms with Crippen molar-refractivity contribution in [2.24, 2.45) is 11.1 Å². The molecule has 5 nitrogen and oxygen atoms in total. The fourth-order valence-electron chi connectivity index (χ4n) is 3.02. The van der Waals surface area contributed by atoms with Gasteiger partial charge in [-0.1, -0.05) is 13.8 Å². The zero-order chi connectivity index (χ0) is 11.3. The molecule has 15 heavy (non-hydrogen) atoms. The van der Waals surface area contributed by atoms with E-state index in [-0.39, 0.29) is 17.5 Å². The molecule has 2 heterocycles. The van der Waals surface area contributed by atoms with Crippen molar-refractivity contribution in [2.45, 2.75) is 38.3 Å². The second-order valence-electron chi connectivity index (χ2n) is 4.92. The Labute approximate surface area is 91.2 Å². The van der Waals surface area contributed by atoms with Crippen LogP contribution in [0.4, 0.5) is 0 Å². The lowest BCUT2D eigenvalue weighted by atomic mass is 9.85. The number of hydrogen-bond donors (Lipinski definition) is 2. The molecule has 2 bridgehead atoms. The summed E-state index contributed by atoms with van der Waals surface area (Å²) in [6, 6.07) is 0.0520. The van der Waals surface area contributed by atoms with Crippen LogP contribution < -0.4 is 10.5 Å². The molecule has 88 valence electrons. The maximum absolute atomic E-state index is 11.6. The van der Waals surface area contributed by atoms with Crippen molar-refractivity contribution in [3.8, 4) is 0 Å². The molecule has 2 aliphatic heterocycles. The second kappa shape index (κ2) is 3.41. The number of nitrogens with zero attached hydrogens (tertiary/aromatic N) is 1. The van der Waals surface area contributed by atoms with E-state index >= 15 is 0 Å². The van der Waals surface area contributed by atoms with E-state index in [0.29, 0.717) is 0 Å². The van der Waals surface area contributed by atoms with Gasteiger partial charge in [-0.05, 0) is 18.8 Å². The van der Waals surface area contributed by atoms with Crippen LogP contribution >= 0.6 is 0 Å². The molecule has 6 heteroatoms. The molecule has 2 aliphatic rings. The molecular weight excluding hydrogens is 214 g/mol. The summed E-state index contributed by atoms with van der Waals surface area (Å²) in [5, 5.41) is 8.63. The molecule has 2 fully saturated rings. The van der Waals surface area contributed by atoms with Crippen LogP contribution in [-0.4, -0.2) is 37.4 Å². The summed E-state index contributed by atoms with van der Waals surface area (Å²) in [5.74, 6) is 0.286. The first-order valence-corrected chi connectivity index (χ1v) is 6.91. The highest BCUT2D eigenvalue weighted by atomic mass is 32.2. The summed E-state index contributed by atoms with van der Waals surface area (Å²) in [6.45, 7) is 5.57. The molecule has 2 atom stereocenters. The van der Waals surface area contributed by atoms with Crippen LogP contribution in [0.15, 0.2) is 0 Å². The van der Waals surface area contributed by atoms with Crippen LogP contribution in [0.1, 0.15) is 26.7 Å². The Morgan fingerprint density at radius 1 is 1.53 bits per heavy atom. The lowest BCUT2D eigenvalue weighted by molar-refractivity contribution is 0.111. The van der Waals surface area contributed by atoms with E-state index in [2.05, 4.69) is 19.2 Å². The summed E-state index contributed by atoms with van der Waals surface area (Å²) in [6.07, 6.45) is 1.83. The first kappa shape index (κ1) is 11.3. The largest absolute Gasteiger partial charge is 0.313 e. The van der Waals surface area contributed by atoms with Gasteiger partial charge in [-0.25, -0.2) is 5.14 Å². The van der Waals surface area contributed by atoms with E-state index < -0.39 is 10.2 Å². The average molecular weight is 233 g/mol. The number of nitrogens with two attached hydrogens (primary N) is 1. The smallest absolute Gasteiger partial charge is 0.277 e. The third kappa shape index (κ3) is 1.60. The monoisotopic (exact) mass is 233 g/mol. The molecular formula is C9H19N3O2S. The Bertz CT molecular complexity index is 350. The third-order valence-electron chi connectivity index (χ3n) is 3.84. The van der Waals surface area contributed by atoms with Crippen LogP contribution in [0.3, 0.4) is 0 Å². The van der Waals surface area contributed by atoms with Gasteiger partial charge < -0.3 is 5.32 Å². The number of nitrogens with one attached hydrogen (secondary N) is 1. The Morgan fingerprint density at radius 2 is 2.20 bits per heavy atom. The number of rotatable bonds is 2. The van der Waals surface area contributed by atoms with Crippen molar-refractivity contribution in [3.05, 3.63) is 0 Å². The molecule has 0 amide bonds. The van der Waals surface area contributed by atoms with Gasteiger partial charge in [-0.3, -0.25) is 0 Å². The summed E-state index contributed by atoms with van der Waals surface area (Å²) in [7, 11) is -3.57. The molecule has 0 aromatic carbocycles. The highest BCUT2D eigenvalue weighted by Crippen LogP contribution is 2.42. The van der Waals surface area contributed by atoms with Gasteiger partial charge in [-0.15, -0.1) is 0 Å². The molecule has 0 radical (unpaired) electrons. The second-order valence-corrected chi connectivity index (χ2v) is 6.35. The first-order chi connectivity index (χ1) is 6.88. The summed E-state index contributed by atoms with van der Waals surface area (Å²) >= 11 is 0. The Balaban J connectivity index is 2.43. The van der Waals surface area contributed by atoms with Gasteiger partial charge in [0.1, 0.15) is 0 Å². The maximum atomic E-state index is 11.6. The fourth-order valence-corrected chi connectivity index (χ4v) is 4.49. The third-order valence-corrected chi connectivity index (χ3v) is 5.05. The normalized spacial score (nSPS) is 37.5. The predicted octanol–water partition coefficient (Wildman–Crippen LogP) is -0.348. The quantitative estimate of drug-likeness (QED) is 0.684. The summed E-state index contributed by atoms with van der Waals surface area (Å²) in [5.41, 5.74) is -0.295. The zero-order valence-electron chi connectivity index (χ0n) is 9.23. The summed E-state index contributed by atoms with van der Waals surface area (Å²) in [4.78, 5) is 0. The molecule has 0 aromatic heterocycles. The van der Waals surface area contributed by atoms with Gasteiger partial charge in [0.2, 0.25) is 0 Å². The van der Waals surface area contributed by atoms with Crippen molar-refractivity contribution in [2.75, 3.05) is 13.1 Å². The van der Waals surface area contributed by atoms with Crippen LogP contribution in [0, 0.1) is 5.92 Å². The lowest BCUT2D eigenvalue weighted by Crippen LogP contribution is -2.65. The average Bonchev–Trinajstić information content (AvgIpc) is 2.35. The van der Waals surface area contributed by atoms with Crippen molar-refractivity contribution in [3.63, 3.8) is 0 Å². The standard InChI is InChI=1S/C9H19N3O2S/c1-7(2)9-4-3-8(5-11-6-9)12(9)15(10,13)14/h7-8,11H,3-6H2,1-2H3,(H2,10,13,14). The van der Waals surface area contributed by atoms with Crippen molar-refractivity contribution in [1.82, 2.24) is 9.62 Å². The Morgan fingerprint density at radius 3 is 2.67 bits per heavy atom. The molecule has 0 aliphatic carbocycles. The molecule has 3 N–H and O–H groups in total. The van der Waals surface area contributed by atoms with E-state index in [1.54, 1.807) is 4.31 Å². The fraction of sp³-hybridized carbons (Fsp3) is 1.00. The van der Waals surface area contributed by atoms with Crippen molar-refractivity contribution in [1.29, 1.82) is 0 Å². The number of piperazine rings is 1. The highest BCUT2D eigenvalue weighted by molar-refractivity contribution is 7.86. The van der Waals surface area contributed by atoms with Gasteiger partial charge in [0.05, 0.1) is 5.54 Å². The van der Waals surface area contributed by atoms with Gasteiger partial charge in [-0.2, -0.15) is 12.7 Å². The topological polar surface area (TPSA) is 75.4 Å². The minimum Gasteiger partial charge on any atom is -0.313 e. The lowest BCUT2D eigenvalue weighted by Gasteiger charge is -2.45. The molecule has 0 saturated carbocycles. The van der Waals surface area contributed by atoms with Crippen LogP contribution in [0.5, 0.6) is 0 Å². The van der Waals surface area contributed by atoms with Gasteiger partial charge >= 0.3 is 0 Å². The molecule has 2 unspecified atom stereocenters. The predicted molar refractivity (Wildman–Crippen MR) is 58.4 cm³/mol. The zero-order valence-corrected chi connectivity index (χ0v) is 10.0. The van der Waals surface area contributed by atoms with E-state index in [1.807, 2.05) is 0 Å². The minimum atomic E-state index is -3.57.